The fraction of sp³-hybridized carbons (Fsp3) is 0.578. The van der Waals surface area contributed by atoms with E-state index in [1.54, 1.807) is 25.3 Å². The van der Waals surface area contributed by atoms with Crippen LogP contribution in [0.2, 0.25) is 0 Å². The number of ether oxygens (including phenoxy) is 1. The largest absolute Gasteiger partial charge is 0.496 e. The van der Waals surface area contributed by atoms with Crippen LogP contribution in [0, 0.1) is 34.4 Å². The number of methoxy groups -OCH3 is 1. The van der Waals surface area contributed by atoms with E-state index in [0.29, 0.717) is 41.5 Å². The lowest BCUT2D eigenvalue weighted by Crippen LogP contribution is -2.62. The molecule has 2 bridgehead atoms. The van der Waals surface area contributed by atoms with Crippen molar-refractivity contribution in [3.8, 4) is 16.9 Å². The zero-order chi connectivity index (χ0) is 41.9. The topological polar surface area (TPSA) is 140 Å². The summed E-state index contributed by atoms with van der Waals surface area (Å²) >= 11 is 0. The molecule has 1 aromatic heterocycles. The molecule has 5 fully saturated rings. The van der Waals surface area contributed by atoms with E-state index in [0.717, 1.165) is 24.2 Å². The minimum absolute atomic E-state index is 0.0433. The van der Waals surface area contributed by atoms with Crippen LogP contribution in [-0.4, -0.2) is 115 Å². The second kappa shape index (κ2) is 15.8. The fourth-order valence-corrected chi connectivity index (χ4v) is 10.6. The number of aliphatic hydroxyl groups excluding tert-OH is 1. The Morgan fingerprint density at radius 1 is 1.10 bits per heavy atom. The van der Waals surface area contributed by atoms with Gasteiger partial charge in [-0.3, -0.25) is 19.4 Å². The standard InChI is InChI=1S/C45H61FN6O6/c1-26-35-19-29(43(35,2)3)20-37(26)49-42(55)40-45(25-44(45,4)56)38(24-53)58-52(40)23-34-36(46)14-13-33(39(34)57-9)27-16-28(18-32(17-27)51(7)8)41(54)48-31(22-50(5)6)21-30-12-10-11-15-47-30/h10-18,26,29,31,35,37-38,40,53,56H,19-25H2,1-9H3,(H,48,54)(H,49,55)/t26-,29+,31?,35-,37-,38-,40+,44?,45+/m0/s1. The maximum absolute atomic E-state index is 16.2. The van der Waals surface area contributed by atoms with Crippen molar-refractivity contribution in [2.24, 2.45) is 28.6 Å². The molecular weight excluding hydrogens is 740 g/mol. The molecule has 2 unspecified atom stereocenters. The van der Waals surface area contributed by atoms with Crippen molar-refractivity contribution in [3.63, 3.8) is 0 Å². The van der Waals surface area contributed by atoms with Crippen LogP contribution in [0.25, 0.3) is 11.1 Å². The quantitative estimate of drug-likeness (QED) is 0.182. The lowest BCUT2D eigenvalue weighted by molar-refractivity contribution is -0.183. The Kier molecular flexibility index (Phi) is 11.4. The van der Waals surface area contributed by atoms with Crippen LogP contribution in [0.1, 0.15) is 68.6 Å². The first-order chi connectivity index (χ1) is 27.4. The van der Waals surface area contributed by atoms with Gasteiger partial charge in [-0.25, -0.2) is 4.39 Å². The molecule has 1 aliphatic heterocycles. The highest BCUT2D eigenvalue weighted by molar-refractivity contribution is 5.97. The number of benzene rings is 2. The van der Waals surface area contributed by atoms with Crippen molar-refractivity contribution in [3.05, 3.63) is 77.4 Å². The van der Waals surface area contributed by atoms with Gasteiger partial charge in [-0.1, -0.05) is 26.8 Å². The van der Waals surface area contributed by atoms with Crippen LogP contribution in [0.4, 0.5) is 10.1 Å². The van der Waals surface area contributed by atoms with Gasteiger partial charge in [-0.15, -0.1) is 0 Å². The molecule has 0 radical (unpaired) electrons. The number of hydroxylamine groups is 2. The SMILES string of the molecule is COc1c(-c2cc(C(=O)NC(Cc3ccccn3)CN(C)C)cc(N(C)C)c2)ccc(F)c1CN1O[C@@H](CO)[C@]2(CC2(C)O)[C@H]1C(=O)N[C@H]1C[C@H]2C[C@@H]([C@@H]1C)C2(C)C. The summed E-state index contributed by atoms with van der Waals surface area (Å²) in [4.78, 5) is 43.2. The highest BCUT2D eigenvalue weighted by atomic mass is 19.1. The molecule has 1 saturated heterocycles. The van der Waals surface area contributed by atoms with Crippen LogP contribution < -0.4 is 20.3 Å². The zero-order valence-electron chi connectivity index (χ0n) is 35.4. The third-order valence-electron chi connectivity index (χ3n) is 14.1. The van der Waals surface area contributed by atoms with Crippen molar-refractivity contribution >= 4 is 17.5 Å². The highest BCUT2D eigenvalue weighted by Crippen LogP contribution is 2.66. The molecule has 5 aliphatic rings. The molecule has 2 aromatic carbocycles. The summed E-state index contributed by atoms with van der Waals surface area (Å²) in [6, 6.07) is 12.9. The minimum Gasteiger partial charge on any atom is -0.496 e. The predicted molar refractivity (Wildman–Crippen MR) is 221 cm³/mol. The molecule has 8 rings (SSSR count). The second-order valence-corrected chi connectivity index (χ2v) is 18.5. The molecule has 2 heterocycles. The van der Waals surface area contributed by atoms with E-state index in [1.807, 2.05) is 68.3 Å². The Bertz CT molecular complexity index is 2010. The maximum Gasteiger partial charge on any atom is 0.251 e. The first-order valence-electron chi connectivity index (χ1n) is 20.5. The van der Waals surface area contributed by atoms with E-state index in [9.17, 15) is 19.8 Å². The first kappa shape index (κ1) is 42.0. The van der Waals surface area contributed by atoms with Crippen molar-refractivity contribution in [2.75, 3.05) is 53.4 Å². The number of hydrogen-bond donors (Lipinski definition) is 4. The van der Waals surface area contributed by atoms with E-state index in [2.05, 4.69) is 36.4 Å². The third kappa shape index (κ3) is 7.49. The number of anilines is 1. The Morgan fingerprint density at radius 2 is 1.84 bits per heavy atom. The van der Waals surface area contributed by atoms with Crippen molar-refractivity contribution in [2.45, 2.75) is 89.8 Å². The van der Waals surface area contributed by atoms with Crippen LogP contribution in [0.3, 0.4) is 0 Å². The Labute approximate surface area is 342 Å². The van der Waals surface area contributed by atoms with Crippen molar-refractivity contribution in [1.29, 1.82) is 0 Å². The van der Waals surface area contributed by atoms with E-state index in [4.69, 9.17) is 9.57 Å². The van der Waals surface area contributed by atoms with Gasteiger partial charge >= 0.3 is 0 Å². The molecule has 4 aliphatic carbocycles. The molecule has 4 saturated carbocycles. The maximum atomic E-state index is 16.2. The van der Waals surface area contributed by atoms with Crippen LogP contribution >= 0.6 is 0 Å². The number of pyridine rings is 1. The van der Waals surface area contributed by atoms with Crippen molar-refractivity contribution < 1.29 is 33.8 Å². The number of aliphatic hydroxyl groups is 2. The van der Waals surface area contributed by atoms with Gasteiger partial charge in [-0.2, -0.15) is 5.06 Å². The van der Waals surface area contributed by atoms with Gasteiger partial charge in [0.2, 0.25) is 5.91 Å². The molecule has 58 heavy (non-hydrogen) atoms. The number of hydrogen-bond acceptors (Lipinski definition) is 10. The molecule has 9 atom stereocenters. The van der Waals surface area contributed by atoms with Gasteiger partial charge in [0.1, 0.15) is 23.7 Å². The van der Waals surface area contributed by atoms with Gasteiger partial charge in [0.05, 0.1) is 31.3 Å². The third-order valence-corrected chi connectivity index (χ3v) is 14.1. The molecule has 3 aromatic rings. The number of halogens is 1. The highest BCUT2D eigenvalue weighted by Gasteiger charge is 2.78. The Morgan fingerprint density at radius 3 is 2.43 bits per heavy atom. The van der Waals surface area contributed by atoms with Gasteiger partial charge < -0.3 is 35.4 Å². The van der Waals surface area contributed by atoms with E-state index in [1.165, 1.54) is 18.2 Å². The summed E-state index contributed by atoms with van der Waals surface area (Å²) in [5.41, 5.74) is 1.22. The van der Waals surface area contributed by atoms with Crippen molar-refractivity contribution in [1.82, 2.24) is 25.6 Å². The zero-order valence-corrected chi connectivity index (χ0v) is 35.4. The van der Waals surface area contributed by atoms with Crippen LogP contribution in [0.15, 0.2) is 54.7 Å². The van der Waals surface area contributed by atoms with Gasteiger partial charge in [0.15, 0.2) is 0 Å². The van der Waals surface area contributed by atoms with Gasteiger partial charge in [0, 0.05) is 73.4 Å². The first-order valence-corrected chi connectivity index (χ1v) is 20.5. The number of carbonyl (C=O) groups is 2. The lowest BCUT2D eigenvalue weighted by atomic mass is 9.45. The molecule has 4 N–H and O–H groups in total. The molecule has 12 nitrogen and oxygen atoms in total. The number of carbonyl (C=O) groups excluding carboxylic acids is 2. The van der Waals surface area contributed by atoms with Gasteiger partial charge in [0.25, 0.3) is 5.91 Å². The number of rotatable bonds is 14. The summed E-state index contributed by atoms with van der Waals surface area (Å²) in [7, 11) is 9.15. The van der Waals surface area contributed by atoms with Crippen LogP contribution in [-0.2, 0) is 22.6 Å². The number of fused-ring (bicyclic) bond motifs is 2. The Balaban J connectivity index is 1.20. The number of nitrogens with zero attached hydrogens (tertiary/aromatic N) is 4. The molecule has 2 amide bonds. The summed E-state index contributed by atoms with van der Waals surface area (Å²) in [6.07, 6.45) is 3.69. The summed E-state index contributed by atoms with van der Waals surface area (Å²) in [5, 5.41) is 30.0. The summed E-state index contributed by atoms with van der Waals surface area (Å²) in [6.45, 7) is 8.46. The number of amides is 2. The van der Waals surface area contributed by atoms with E-state index < -0.39 is 35.6 Å². The minimum atomic E-state index is -1.28. The number of likely N-dealkylation sites (N-methyl/N-ethyl adjacent to an activating group) is 1. The normalized spacial score (nSPS) is 30.2. The van der Waals surface area contributed by atoms with Gasteiger partial charge in [-0.05, 0) is 111 Å². The number of nitrogens with one attached hydrogen (secondary N) is 2. The monoisotopic (exact) mass is 800 g/mol. The fourth-order valence-electron chi connectivity index (χ4n) is 10.6. The van der Waals surface area contributed by atoms with E-state index in [-0.39, 0.29) is 59.5 Å². The average Bonchev–Trinajstić information content (AvgIpc) is 3.60. The molecule has 1 spiro atoms. The Hall–Kier alpha value is -4.14. The molecule has 13 heteroatoms. The summed E-state index contributed by atoms with van der Waals surface area (Å²) < 4.78 is 22.2. The van der Waals surface area contributed by atoms with E-state index >= 15 is 4.39 Å². The molecular formula is C45H61FN6O6. The average molecular weight is 801 g/mol. The van der Waals surface area contributed by atoms with Crippen LogP contribution in [0.5, 0.6) is 5.75 Å². The smallest absolute Gasteiger partial charge is 0.251 e. The molecule has 314 valence electrons. The predicted octanol–water partition coefficient (Wildman–Crippen LogP) is 4.67. The number of aromatic nitrogens is 1. The summed E-state index contributed by atoms with van der Waals surface area (Å²) in [5.74, 6) is 0.367. The lowest BCUT2D eigenvalue weighted by Gasteiger charge is -2.62. The second-order valence-electron chi connectivity index (χ2n) is 18.5.